The quantitative estimate of drug-likeness (QED) is 0.786. The van der Waals surface area contributed by atoms with E-state index in [-0.39, 0.29) is 11.5 Å². The van der Waals surface area contributed by atoms with Crippen LogP contribution in [0.15, 0.2) is 18.2 Å². The van der Waals surface area contributed by atoms with E-state index in [4.69, 9.17) is 10.5 Å². The zero-order valence-corrected chi connectivity index (χ0v) is 10.1. The van der Waals surface area contributed by atoms with Gasteiger partial charge in [-0.15, -0.1) is 0 Å². The predicted octanol–water partition coefficient (Wildman–Crippen LogP) is 1.12. The second-order valence-corrected chi connectivity index (χ2v) is 6.37. The Labute approximate surface area is 100 Å². The smallest absolute Gasteiger partial charge is 0.268 e. The molecule has 92 valence electrons. The molecule has 6 heteroatoms. The third-order valence-electron chi connectivity index (χ3n) is 3.44. The molecule has 0 unspecified atom stereocenters. The molecule has 1 aliphatic heterocycles. The lowest BCUT2D eigenvalue weighted by atomic mass is 9.73. The number of sulfonamides is 1. The maximum atomic E-state index is 11.4. The lowest BCUT2D eigenvalue weighted by Gasteiger charge is -2.39. The molecular weight excluding hydrogens is 240 g/mol. The third kappa shape index (κ3) is 1.77. The molecule has 1 aromatic carbocycles. The summed E-state index contributed by atoms with van der Waals surface area (Å²) in [5, 5.41) is 0. The molecule has 1 heterocycles. The molecule has 1 fully saturated rings. The first-order valence-electron chi connectivity index (χ1n) is 5.55. The molecule has 0 radical (unpaired) electrons. The minimum absolute atomic E-state index is 0.294. The number of anilines is 1. The van der Waals surface area contributed by atoms with Gasteiger partial charge in [0.25, 0.3) is 10.0 Å². The molecule has 3 rings (SSSR count). The van der Waals surface area contributed by atoms with Crippen LogP contribution < -0.4 is 15.2 Å². The van der Waals surface area contributed by atoms with E-state index in [1.54, 1.807) is 12.1 Å². The fourth-order valence-electron chi connectivity index (χ4n) is 2.23. The standard InChI is InChI=1S/C11H14N2O3S/c12-11(4-1-5-11)8-2-3-10-9(6-8)13-17(14,15)7-16-10/h2-3,6,13H,1,4-5,7,12H2. The van der Waals surface area contributed by atoms with Gasteiger partial charge in [-0.2, -0.15) is 0 Å². The number of ether oxygens (including phenoxy) is 1. The van der Waals surface area contributed by atoms with Gasteiger partial charge in [-0.3, -0.25) is 4.72 Å². The van der Waals surface area contributed by atoms with Crippen molar-refractivity contribution in [2.24, 2.45) is 5.73 Å². The van der Waals surface area contributed by atoms with Crippen molar-refractivity contribution in [3.8, 4) is 5.75 Å². The maximum Gasteiger partial charge on any atom is 0.268 e. The molecule has 0 spiro atoms. The van der Waals surface area contributed by atoms with Crippen LogP contribution in [-0.4, -0.2) is 14.4 Å². The van der Waals surface area contributed by atoms with Gasteiger partial charge in [0.15, 0.2) is 0 Å². The van der Waals surface area contributed by atoms with Crippen molar-refractivity contribution in [1.82, 2.24) is 0 Å². The van der Waals surface area contributed by atoms with Gasteiger partial charge < -0.3 is 10.5 Å². The van der Waals surface area contributed by atoms with Crippen molar-refractivity contribution in [2.45, 2.75) is 24.8 Å². The minimum Gasteiger partial charge on any atom is -0.474 e. The minimum atomic E-state index is -3.36. The van der Waals surface area contributed by atoms with Gasteiger partial charge in [-0.1, -0.05) is 6.07 Å². The summed E-state index contributed by atoms with van der Waals surface area (Å²) >= 11 is 0. The second kappa shape index (κ2) is 3.36. The van der Waals surface area contributed by atoms with Crippen LogP contribution in [0.5, 0.6) is 5.75 Å². The lowest BCUT2D eigenvalue weighted by Crippen LogP contribution is -2.43. The first-order valence-corrected chi connectivity index (χ1v) is 7.21. The average Bonchev–Trinajstić information content (AvgIpc) is 2.23. The highest BCUT2D eigenvalue weighted by atomic mass is 32.2. The normalized spacial score (nSPS) is 23.8. The molecule has 0 aromatic heterocycles. The number of fused-ring (bicyclic) bond motifs is 1. The van der Waals surface area contributed by atoms with E-state index in [9.17, 15) is 8.42 Å². The highest BCUT2D eigenvalue weighted by molar-refractivity contribution is 7.92. The van der Waals surface area contributed by atoms with Crippen molar-refractivity contribution in [3.05, 3.63) is 23.8 Å². The summed E-state index contributed by atoms with van der Waals surface area (Å²) in [5.74, 6) is 0.235. The molecule has 1 aliphatic carbocycles. The zero-order valence-electron chi connectivity index (χ0n) is 9.27. The van der Waals surface area contributed by atoms with Crippen LogP contribution in [0.3, 0.4) is 0 Å². The van der Waals surface area contributed by atoms with Gasteiger partial charge in [0, 0.05) is 5.54 Å². The molecule has 5 nitrogen and oxygen atoms in total. The SMILES string of the molecule is NC1(c2ccc3c(c2)NS(=O)(=O)CO3)CCC1. The lowest BCUT2D eigenvalue weighted by molar-refractivity contribution is 0.253. The van der Waals surface area contributed by atoms with E-state index in [0.29, 0.717) is 11.4 Å². The Morgan fingerprint density at radius 3 is 2.76 bits per heavy atom. The van der Waals surface area contributed by atoms with Crippen LogP contribution in [0.1, 0.15) is 24.8 Å². The van der Waals surface area contributed by atoms with Crippen LogP contribution in [0.25, 0.3) is 0 Å². The van der Waals surface area contributed by atoms with E-state index in [0.717, 1.165) is 24.8 Å². The molecule has 0 amide bonds. The summed E-state index contributed by atoms with van der Waals surface area (Å²) in [5.41, 5.74) is 7.37. The molecule has 0 atom stereocenters. The molecule has 1 aromatic rings. The van der Waals surface area contributed by atoms with Crippen LogP contribution in [0.2, 0.25) is 0 Å². The monoisotopic (exact) mass is 254 g/mol. The summed E-state index contributed by atoms with van der Waals surface area (Å²) in [6, 6.07) is 5.47. The van der Waals surface area contributed by atoms with Crippen LogP contribution in [-0.2, 0) is 15.6 Å². The van der Waals surface area contributed by atoms with E-state index in [2.05, 4.69) is 4.72 Å². The number of nitrogens with one attached hydrogen (secondary N) is 1. The zero-order chi connectivity index (χ0) is 12.1. The average molecular weight is 254 g/mol. The largest absolute Gasteiger partial charge is 0.474 e. The second-order valence-electron chi connectivity index (χ2n) is 4.70. The molecule has 0 bridgehead atoms. The molecule has 1 saturated carbocycles. The predicted molar refractivity (Wildman–Crippen MR) is 64.2 cm³/mol. The van der Waals surface area contributed by atoms with Crippen molar-refractivity contribution >= 4 is 15.7 Å². The van der Waals surface area contributed by atoms with Crippen LogP contribution in [0, 0.1) is 0 Å². The summed E-state index contributed by atoms with van der Waals surface area (Å²) in [4.78, 5) is 0. The molecule has 17 heavy (non-hydrogen) atoms. The van der Waals surface area contributed by atoms with Gasteiger partial charge in [0.2, 0.25) is 5.94 Å². The third-order valence-corrected chi connectivity index (χ3v) is 4.39. The number of rotatable bonds is 1. The fourth-order valence-corrected chi connectivity index (χ4v) is 3.07. The number of benzene rings is 1. The molecular formula is C11H14N2O3S. The van der Waals surface area contributed by atoms with Crippen molar-refractivity contribution in [2.75, 3.05) is 10.7 Å². The maximum absolute atomic E-state index is 11.4. The Morgan fingerprint density at radius 1 is 1.35 bits per heavy atom. The first-order chi connectivity index (χ1) is 7.99. The van der Waals surface area contributed by atoms with Crippen molar-refractivity contribution in [1.29, 1.82) is 0 Å². The van der Waals surface area contributed by atoms with Crippen molar-refractivity contribution < 1.29 is 13.2 Å². The number of hydrogen-bond donors (Lipinski definition) is 2. The summed E-state index contributed by atoms with van der Waals surface area (Å²) in [6.07, 6.45) is 3.01. The Bertz CT molecular complexity index is 564. The van der Waals surface area contributed by atoms with Crippen LogP contribution in [0.4, 0.5) is 5.69 Å². The number of nitrogens with two attached hydrogens (primary N) is 1. The molecule has 2 aliphatic rings. The Balaban J connectivity index is 2.01. The summed E-state index contributed by atoms with van der Waals surface area (Å²) in [7, 11) is -3.36. The van der Waals surface area contributed by atoms with E-state index < -0.39 is 10.0 Å². The number of hydrogen-bond acceptors (Lipinski definition) is 4. The van der Waals surface area contributed by atoms with E-state index in [1.807, 2.05) is 6.07 Å². The highest BCUT2D eigenvalue weighted by Gasteiger charge is 2.35. The Hall–Kier alpha value is -1.27. The molecule has 3 N–H and O–H groups in total. The summed E-state index contributed by atoms with van der Waals surface area (Å²) < 4.78 is 30.4. The summed E-state index contributed by atoms with van der Waals surface area (Å²) in [6.45, 7) is 0. The van der Waals surface area contributed by atoms with Crippen LogP contribution >= 0.6 is 0 Å². The van der Waals surface area contributed by atoms with E-state index >= 15 is 0 Å². The highest BCUT2D eigenvalue weighted by Crippen LogP contribution is 2.41. The van der Waals surface area contributed by atoms with Crippen molar-refractivity contribution in [3.63, 3.8) is 0 Å². The topological polar surface area (TPSA) is 81.4 Å². The van der Waals surface area contributed by atoms with Gasteiger partial charge >= 0.3 is 0 Å². The Kier molecular flexibility index (Phi) is 2.15. The van der Waals surface area contributed by atoms with Gasteiger partial charge in [-0.05, 0) is 37.0 Å². The van der Waals surface area contributed by atoms with Gasteiger partial charge in [0.1, 0.15) is 5.75 Å². The Morgan fingerprint density at radius 2 is 2.12 bits per heavy atom. The van der Waals surface area contributed by atoms with E-state index in [1.165, 1.54) is 0 Å². The van der Waals surface area contributed by atoms with Gasteiger partial charge in [0.05, 0.1) is 5.69 Å². The fraction of sp³-hybridized carbons (Fsp3) is 0.455. The first kappa shape index (κ1) is 10.9. The molecule has 0 saturated heterocycles. The van der Waals surface area contributed by atoms with Gasteiger partial charge in [-0.25, -0.2) is 8.42 Å².